The molecule has 2 aromatic carbocycles. The zero-order valence-corrected chi connectivity index (χ0v) is 19.7. The lowest BCUT2D eigenvalue weighted by Crippen LogP contribution is -2.06. The molecule has 1 N–H and O–H groups in total. The van der Waals surface area contributed by atoms with Gasteiger partial charge in [-0.1, -0.05) is 35.3 Å². The van der Waals surface area contributed by atoms with E-state index in [1.54, 1.807) is 13.3 Å². The van der Waals surface area contributed by atoms with Gasteiger partial charge in [0.15, 0.2) is 5.82 Å². The Kier molecular flexibility index (Phi) is 9.14. The monoisotopic (exact) mass is 496 g/mol. The largest absolute Gasteiger partial charge is 0.495 e. The highest BCUT2D eigenvalue weighted by Crippen LogP contribution is 2.29. The molecule has 2 aromatic heterocycles. The molecule has 0 saturated carbocycles. The third kappa shape index (κ3) is 5.89. The van der Waals surface area contributed by atoms with Crippen molar-refractivity contribution in [1.82, 2.24) is 15.2 Å². The maximum Gasteiger partial charge on any atom is 0.156 e. The van der Waals surface area contributed by atoms with Crippen molar-refractivity contribution in [1.29, 1.82) is 0 Å². The molecular weight excluding hydrogens is 478 g/mol. The SMILES string of the molecule is COc1ccc(CNc2nnc(Cc3cccnc3)c3cc(Cl)ccc23)cc1Cl.Cl.Cl. The molecule has 0 aliphatic heterocycles. The Morgan fingerprint density at radius 1 is 0.935 bits per heavy atom. The van der Waals surface area contributed by atoms with Gasteiger partial charge in [0.05, 0.1) is 17.8 Å². The van der Waals surface area contributed by atoms with Gasteiger partial charge in [-0.2, -0.15) is 5.10 Å². The summed E-state index contributed by atoms with van der Waals surface area (Å²) in [6, 6.07) is 15.3. The molecule has 0 radical (unpaired) electrons. The number of halogens is 4. The lowest BCUT2D eigenvalue weighted by atomic mass is 10.1. The number of nitrogens with one attached hydrogen (secondary N) is 1. The highest BCUT2D eigenvalue weighted by atomic mass is 35.5. The van der Waals surface area contributed by atoms with Crippen LogP contribution in [0.1, 0.15) is 16.8 Å². The summed E-state index contributed by atoms with van der Waals surface area (Å²) in [7, 11) is 1.60. The van der Waals surface area contributed by atoms with Gasteiger partial charge in [-0.3, -0.25) is 4.98 Å². The van der Waals surface area contributed by atoms with Crippen LogP contribution in [0.2, 0.25) is 10.0 Å². The van der Waals surface area contributed by atoms with E-state index in [-0.39, 0.29) is 24.8 Å². The van der Waals surface area contributed by atoms with Gasteiger partial charge in [0.2, 0.25) is 0 Å². The van der Waals surface area contributed by atoms with Gasteiger partial charge in [0.25, 0.3) is 0 Å². The van der Waals surface area contributed by atoms with Crippen LogP contribution < -0.4 is 10.1 Å². The van der Waals surface area contributed by atoms with E-state index in [0.717, 1.165) is 27.6 Å². The van der Waals surface area contributed by atoms with Crippen molar-refractivity contribution in [3.05, 3.63) is 87.8 Å². The first-order valence-electron chi connectivity index (χ1n) is 9.04. The Hall–Kier alpha value is -2.31. The number of methoxy groups -OCH3 is 1. The molecule has 0 atom stereocenters. The van der Waals surface area contributed by atoms with Gasteiger partial charge in [-0.15, -0.1) is 29.9 Å². The van der Waals surface area contributed by atoms with Crippen LogP contribution in [0.5, 0.6) is 5.75 Å². The second-order valence-corrected chi connectivity index (χ2v) is 7.39. The summed E-state index contributed by atoms with van der Waals surface area (Å²) in [5.41, 5.74) is 2.93. The Morgan fingerprint density at radius 2 is 1.77 bits per heavy atom. The predicted octanol–water partition coefficient (Wildman–Crippen LogP) is 6.39. The highest BCUT2D eigenvalue weighted by molar-refractivity contribution is 6.32. The number of pyridine rings is 1. The van der Waals surface area contributed by atoms with E-state index in [9.17, 15) is 0 Å². The van der Waals surface area contributed by atoms with Gasteiger partial charge in [0, 0.05) is 41.2 Å². The van der Waals surface area contributed by atoms with Crippen molar-refractivity contribution < 1.29 is 4.74 Å². The standard InChI is InChI=1S/C22H18Cl2N4O.2ClH/c1-29-21-7-4-15(9-19(21)24)13-26-22-17-6-5-16(23)11-18(17)20(27-28-22)10-14-3-2-8-25-12-14;;/h2-9,11-12H,10,13H2,1H3,(H,26,28);2*1H. The summed E-state index contributed by atoms with van der Waals surface area (Å²) >= 11 is 12.5. The van der Waals surface area contributed by atoms with Gasteiger partial charge in [-0.25, -0.2) is 0 Å². The summed E-state index contributed by atoms with van der Waals surface area (Å²) in [4.78, 5) is 4.17. The lowest BCUT2D eigenvalue weighted by Gasteiger charge is -2.12. The van der Waals surface area contributed by atoms with E-state index in [1.165, 1.54) is 0 Å². The Balaban J connectivity index is 0.00000171. The number of hydrogen-bond donors (Lipinski definition) is 1. The van der Waals surface area contributed by atoms with Crippen molar-refractivity contribution in [2.24, 2.45) is 0 Å². The first kappa shape index (κ1) is 25.0. The van der Waals surface area contributed by atoms with Gasteiger partial charge in [-0.05, 0) is 47.5 Å². The van der Waals surface area contributed by atoms with E-state index in [2.05, 4.69) is 20.5 Å². The first-order chi connectivity index (χ1) is 14.1. The maximum absolute atomic E-state index is 6.26. The van der Waals surface area contributed by atoms with Gasteiger partial charge < -0.3 is 10.1 Å². The predicted molar refractivity (Wildman–Crippen MR) is 131 cm³/mol. The van der Waals surface area contributed by atoms with E-state index in [4.69, 9.17) is 27.9 Å². The summed E-state index contributed by atoms with van der Waals surface area (Å²) in [5, 5.41) is 15.4. The van der Waals surface area contributed by atoms with Crippen LogP contribution in [0, 0.1) is 0 Å². The zero-order valence-electron chi connectivity index (χ0n) is 16.5. The highest BCUT2D eigenvalue weighted by Gasteiger charge is 2.11. The Labute approximate surface area is 203 Å². The third-order valence-corrected chi connectivity index (χ3v) is 5.12. The molecule has 0 aliphatic carbocycles. The molecule has 9 heteroatoms. The molecular formula is C22H20Cl4N4O. The van der Waals surface area contributed by atoms with Crippen molar-refractivity contribution in [3.63, 3.8) is 0 Å². The van der Waals surface area contributed by atoms with Crippen molar-refractivity contribution in [2.45, 2.75) is 13.0 Å². The Bertz CT molecular complexity index is 1160. The van der Waals surface area contributed by atoms with E-state index in [0.29, 0.717) is 34.6 Å². The lowest BCUT2D eigenvalue weighted by molar-refractivity contribution is 0.415. The minimum Gasteiger partial charge on any atom is -0.495 e. The number of ether oxygens (including phenoxy) is 1. The molecule has 31 heavy (non-hydrogen) atoms. The molecule has 0 unspecified atom stereocenters. The molecule has 162 valence electrons. The fourth-order valence-corrected chi connectivity index (χ4v) is 3.60. The number of benzene rings is 2. The van der Waals surface area contributed by atoms with Crippen LogP contribution in [0.3, 0.4) is 0 Å². The number of hydrogen-bond acceptors (Lipinski definition) is 5. The number of nitrogens with zero attached hydrogens (tertiary/aromatic N) is 3. The first-order valence-corrected chi connectivity index (χ1v) is 9.79. The van der Waals surface area contributed by atoms with Crippen LogP contribution in [0.4, 0.5) is 5.82 Å². The molecule has 0 saturated heterocycles. The van der Waals surface area contributed by atoms with Crippen molar-refractivity contribution >= 4 is 64.6 Å². The zero-order chi connectivity index (χ0) is 20.2. The molecule has 4 rings (SSSR count). The van der Waals surface area contributed by atoms with E-state index < -0.39 is 0 Å². The smallest absolute Gasteiger partial charge is 0.156 e. The molecule has 0 fully saturated rings. The number of rotatable bonds is 6. The fourth-order valence-electron chi connectivity index (χ4n) is 3.14. The normalized spacial score (nSPS) is 10.2. The minimum absolute atomic E-state index is 0. The van der Waals surface area contributed by atoms with Crippen molar-refractivity contribution in [3.8, 4) is 5.75 Å². The summed E-state index contributed by atoms with van der Waals surface area (Å²) < 4.78 is 5.20. The van der Waals surface area contributed by atoms with Gasteiger partial charge >= 0.3 is 0 Å². The van der Waals surface area contributed by atoms with Crippen LogP contribution in [0.25, 0.3) is 10.8 Å². The molecule has 0 amide bonds. The molecule has 0 aliphatic rings. The average molecular weight is 498 g/mol. The average Bonchev–Trinajstić information content (AvgIpc) is 2.74. The molecule has 0 bridgehead atoms. The topological polar surface area (TPSA) is 59.9 Å². The third-order valence-electron chi connectivity index (χ3n) is 4.59. The number of fused-ring (bicyclic) bond motifs is 1. The van der Waals surface area contributed by atoms with Gasteiger partial charge in [0.1, 0.15) is 5.75 Å². The summed E-state index contributed by atoms with van der Waals surface area (Å²) in [6.45, 7) is 0.554. The number of anilines is 1. The van der Waals surface area contributed by atoms with E-state index in [1.807, 2.05) is 54.7 Å². The van der Waals surface area contributed by atoms with Crippen molar-refractivity contribution in [2.75, 3.05) is 12.4 Å². The quantitative estimate of drug-likeness (QED) is 0.334. The van der Waals surface area contributed by atoms with E-state index >= 15 is 0 Å². The Morgan fingerprint density at radius 3 is 2.48 bits per heavy atom. The molecule has 4 aromatic rings. The maximum atomic E-state index is 6.26. The molecule has 2 heterocycles. The van der Waals surface area contributed by atoms with Crippen LogP contribution in [-0.4, -0.2) is 22.3 Å². The fraction of sp³-hybridized carbons (Fsp3) is 0.136. The second kappa shape index (κ2) is 11.3. The minimum atomic E-state index is 0. The summed E-state index contributed by atoms with van der Waals surface area (Å²) in [6.07, 6.45) is 4.21. The number of aromatic nitrogens is 3. The molecule has 0 spiro atoms. The van der Waals surface area contributed by atoms with Crippen LogP contribution in [0.15, 0.2) is 60.9 Å². The second-order valence-electron chi connectivity index (χ2n) is 6.55. The van der Waals surface area contributed by atoms with Crippen LogP contribution >= 0.6 is 48.0 Å². The van der Waals surface area contributed by atoms with Crippen LogP contribution in [-0.2, 0) is 13.0 Å². The molecule has 5 nitrogen and oxygen atoms in total. The summed E-state index contributed by atoms with van der Waals surface area (Å²) in [5.74, 6) is 1.34.